The van der Waals surface area contributed by atoms with Gasteiger partial charge >= 0.3 is 17.9 Å². The van der Waals surface area contributed by atoms with E-state index in [4.69, 9.17) is 31.9 Å². The van der Waals surface area contributed by atoms with Crippen molar-refractivity contribution in [1.82, 2.24) is 0 Å². The zero-order valence-electron chi connectivity index (χ0n) is 13.8. The van der Waals surface area contributed by atoms with Gasteiger partial charge in [0.25, 0.3) is 0 Å². The van der Waals surface area contributed by atoms with Crippen LogP contribution in [0, 0.1) is 0 Å². The molecule has 0 aromatic heterocycles. The molecule has 1 aromatic carbocycles. The summed E-state index contributed by atoms with van der Waals surface area (Å²) in [6.07, 6.45) is -0.594. The predicted octanol–water partition coefficient (Wildman–Crippen LogP) is -1.55. The van der Waals surface area contributed by atoms with Crippen molar-refractivity contribution < 1.29 is 34.8 Å². The maximum Gasteiger partial charge on any atom is 0.323 e. The molecule has 142 valence electrons. The van der Waals surface area contributed by atoms with E-state index in [0.717, 1.165) is 5.56 Å². The predicted molar refractivity (Wildman–Crippen MR) is 89.7 cm³/mol. The number of nitrogens with two attached hydrogens (primary N) is 3. The topological polar surface area (TPSA) is 210 Å². The van der Waals surface area contributed by atoms with Gasteiger partial charge in [0.15, 0.2) is 0 Å². The SMILES string of the molecule is C[C@@H](O)[C@H](N)C(=O)O.NCC(=O)O.N[C@@H](Cc1ccccc1)C(=O)O. The highest BCUT2D eigenvalue weighted by Gasteiger charge is 2.16. The normalized spacial score (nSPS) is 13.0. The average Bonchev–Trinajstić information content (AvgIpc) is 2.55. The lowest BCUT2D eigenvalue weighted by Crippen LogP contribution is -2.39. The van der Waals surface area contributed by atoms with Gasteiger partial charge in [-0.1, -0.05) is 30.3 Å². The Morgan fingerprint density at radius 3 is 1.68 bits per heavy atom. The zero-order valence-corrected chi connectivity index (χ0v) is 13.8. The molecule has 0 unspecified atom stereocenters. The van der Waals surface area contributed by atoms with Gasteiger partial charge in [-0.15, -0.1) is 0 Å². The van der Waals surface area contributed by atoms with Gasteiger partial charge < -0.3 is 37.6 Å². The summed E-state index contributed by atoms with van der Waals surface area (Å²) in [5.74, 6) is -3.11. The van der Waals surface area contributed by atoms with Crippen LogP contribution >= 0.6 is 0 Å². The van der Waals surface area contributed by atoms with Gasteiger partial charge in [0.2, 0.25) is 0 Å². The molecule has 10 nitrogen and oxygen atoms in total. The van der Waals surface area contributed by atoms with Crippen LogP contribution in [0.2, 0.25) is 0 Å². The maximum absolute atomic E-state index is 10.4. The van der Waals surface area contributed by atoms with Crippen LogP contribution in [0.15, 0.2) is 30.3 Å². The molecule has 0 fully saturated rings. The van der Waals surface area contributed by atoms with Crippen molar-refractivity contribution in [3.05, 3.63) is 35.9 Å². The molecule has 1 aromatic rings. The van der Waals surface area contributed by atoms with Crippen LogP contribution in [0.5, 0.6) is 0 Å². The monoisotopic (exact) mass is 359 g/mol. The fraction of sp³-hybridized carbons (Fsp3) is 0.400. The molecule has 1 rings (SSSR count). The molecule has 25 heavy (non-hydrogen) atoms. The third-order valence-electron chi connectivity index (χ3n) is 2.60. The first-order chi connectivity index (χ1) is 11.5. The number of aliphatic hydroxyl groups excluding tert-OH is 1. The Morgan fingerprint density at radius 2 is 1.44 bits per heavy atom. The van der Waals surface area contributed by atoms with Crippen LogP contribution in [0.25, 0.3) is 0 Å². The van der Waals surface area contributed by atoms with Gasteiger partial charge in [0.1, 0.15) is 12.1 Å². The van der Waals surface area contributed by atoms with Crippen LogP contribution < -0.4 is 17.2 Å². The highest BCUT2D eigenvalue weighted by molar-refractivity contribution is 5.74. The highest BCUT2D eigenvalue weighted by Crippen LogP contribution is 2.01. The lowest BCUT2D eigenvalue weighted by Gasteiger charge is -2.06. The van der Waals surface area contributed by atoms with Gasteiger partial charge in [0, 0.05) is 0 Å². The number of hydrogen-bond donors (Lipinski definition) is 7. The van der Waals surface area contributed by atoms with Crippen molar-refractivity contribution in [2.45, 2.75) is 31.5 Å². The third kappa shape index (κ3) is 14.8. The number of aliphatic hydroxyl groups is 1. The van der Waals surface area contributed by atoms with E-state index in [1.165, 1.54) is 6.92 Å². The summed E-state index contributed by atoms with van der Waals surface area (Å²) in [6.45, 7) is 1.05. The van der Waals surface area contributed by atoms with E-state index < -0.39 is 36.1 Å². The minimum absolute atomic E-state index is 0.278. The van der Waals surface area contributed by atoms with E-state index in [1.807, 2.05) is 30.3 Å². The van der Waals surface area contributed by atoms with Crippen molar-refractivity contribution in [2.24, 2.45) is 17.2 Å². The van der Waals surface area contributed by atoms with Gasteiger partial charge in [-0.3, -0.25) is 14.4 Å². The van der Waals surface area contributed by atoms with Crippen LogP contribution in [-0.4, -0.2) is 63.1 Å². The summed E-state index contributed by atoms with van der Waals surface area (Å²) in [6, 6.07) is 7.39. The third-order valence-corrected chi connectivity index (χ3v) is 2.60. The Kier molecular flexibility index (Phi) is 13.7. The molecule has 0 aliphatic carbocycles. The van der Waals surface area contributed by atoms with Crippen molar-refractivity contribution in [3.8, 4) is 0 Å². The molecular formula is C15H25N3O7. The van der Waals surface area contributed by atoms with Crippen LogP contribution in [0.3, 0.4) is 0 Å². The summed E-state index contributed by atoms with van der Waals surface area (Å²) >= 11 is 0. The Hall–Kier alpha value is -2.53. The zero-order chi connectivity index (χ0) is 20.0. The summed E-state index contributed by atoms with van der Waals surface area (Å²) in [7, 11) is 0. The number of carboxylic acids is 3. The number of rotatable bonds is 6. The molecule has 0 spiro atoms. The molecule has 3 atom stereocenters. The first-order valence-electron chi connectivity index (χ1n) is 7.13. The van der Waals surface area contributed by atoms with Crippen molar-refractivity contribution in [3.63, 3.8) is 0 Å². The molecule has 0 radical (unpaired) electrons. The fourth-order valence-corrected chi connectivity index (χ4v) is 1.16. The number of carboxylic acid groups (broad SMARTS) is 3. The molecule has 0 saturated carbocycles. The van der Waals surface area contributed by atoms with E-state index in [2.05, 4.69) is 5.73 Å². The van der Waals surface area contributed by atoms with E-state index >= 15 is 0 Å². The average molecular weight is 359 g/mol. The lowest BCUT2D eigenvalue weighted by molar-refractivity contribution is -0.141. The molecule has 0 amide bonds. The molecule has 0 aliphatic heterocycles. The lowest BCUT2D eigenvalue weighted by atomic mass is 10.1. The Balaban J connectivity index is 0. The summed E-state index contributed by atoms with van der Waals surface area (Å²) < 4.78 is 0. The second-order valence-electron chi connectivity index (χ2n) is 4.84. The van der Waals surface area contributed by atoms with Gasteiger partial charge in [0.05, 0.1) is 12.6 Å². The highest BCUT2D eigenvalue weighted by atomic mass is 16.4. The Morgan fingerprint density at radius 1 is 1.00 bits per heavy atom. The van der Waals surface area contributed by atoms with E-state index in [9.17, 15) is 14.4 Å². The fourth-order valence-electron chi connectivity index (χ4n) is 1.16. The maximum atomic E-state index is 10.4. The minimum atomic E-state index is -1.18. The van der Waals surface area contributed by atoms with Crippen molar-refractivity contribution >= 4 is 17.9 Å². The number of aliphatic carboxylic acids is 3. The molecule has 10 N–H and O–H groups in total. The van der Waals surface area contributed by atoms with Crippen LogP contribution in [0.4, 0.5) is 0 Å². The van der Waals surface area contributed by atoms with Gasteiger partial charge in [-0.25, -0.2) is 0 Å². The summed E-state index contributed by atoms with van der Waals surface area (Å²) in [5, 5.41) is 32.7. The second-order valence-corrected chi connectivity index (χ2v) is 4.84. The Bertz CT molecular complexity index is 523. The standard InChI is InChI=1S/C9H11NO2.C4H9NO3.C2H5NO2/c10-8(9(11)12)6-7-4-2-1-3-5-7;1-2(6)3(5)4(7)8;3-1-2(4)5/h1-5,8H,6,10H2,(H,11,12);2-3,6H,5H2,1H3,(H,7,8);1,3H2,(H,4,5)/t8-;2-,3+;/m01./s1. The molecule has 0 saturated heterocycles. The first-order valence-corrected chi connectivity index (χ1v) is 7.13. The Labute approximate surface area is 144 Å². The van der Waals surface area contributed by atoms with E-state index in [0.29, 0.717) is 6.42 Å². The van der Waals surface area contributed by atoms with Crippen LogP contribution in [0.1, 0.15) is 12.5 Å². The largest absolute Gasteiger partial charge is 0.480 e. The summed E-state index contributed by atoms with van der Waals surface area (Å²) in [4.78, 5) is 29.5. The summed E-state index contributed by atoms with van der Waals surface area (Å²) in [5.41, 5.74) is 15.8. The quantitative estimate of drug-likeness (QED) is 0.310. The smallest absolute Gasteiger partial charge is 0.323 e. The van der Waals surface area contributed by atoms with E-state index in [-0.39, 0.29) is 6.54 Å². The van der Waals surface area contributed by atoms with E-state index in [1.54, 1.807) is 0 Å². The second kappa shape index (κ2) is 13.9. The van der Waals surface area contributed by atoms with Gasteiger partial charge in [-0.05, 0) is 18.9 Å². The number of hydrogen-bond acceptors (Lipinski definition) is 7. The minimum Gasteiger partial charge on any atom is -0.480 e. The number of carbonyl (C=O) groups is 3. The van der Waals surface area contributed by atoms with Crippen molar-refractivity contribution in [2.75, 3.05) is 6.54 Å². The molecule has 0 heterocycles. The first kappa shape index (κ1) is 24.7. The van der Waals surface area contributed by atoms with Gasteiger partial charge in [-0.2, -0.15) is 0 Å². The molecule has 10 heteroatoms. The van der Waals surface area contributed by atoms with Crippen LogP contribution in [-0.2, 0) is 20.8 Å². The number of benzene rings is 1. The molecule has 0 bridgehead atoms. The van der Waals surface area contributed by atoms with Crippen molar-refractivity contribution in [1.29, 1.82) is 0 Å². The molecular weight excluding hydrogens is 334 g/mol. The molecule has 0 aliphatic rings.